The molecule has 1 amide bonds. The zero-order valence-electron chi connectivity index (χ0n) is 17.5. The standard InChI is InChI=1S/C24H27ClN2O3S/c1-31(29,30)27-20-6-7-22(25)21(11-20)23(28)26-19-4-2-18(3-5-19)24-12-15-8-16(13-24)10-17(9-15)14-24/h2-7,11,15-17,27H,8-10,12-14H2,1H3,(H,26,28). The van der Waals surface area contributed by atoms with E-state index >= 15 is 0 Å². The quantitative estimate of drug-likeness (QED) is 0.627. The second-order valence-corrected chi connectivity index (χ2v) is 12.0. The summed E-state index contributed by atoms with van der Waals surface area (Å²) in [5, 5.41) is 3.15. The molecule has 4 aliphatic carbocycles. The zero-order chi connectivity index (χ0) is 21.8. The van der Waals surface area contributed by atoms with Gasteiger partial charge >= 0.3 is 0 Å². The number of hydrogen-bond acceptors (Lipinski definition) is 3. The Bertz CT molecular complexity index is 1090. The van der Waals surface area contributed by atoms with Gasteiger partial charge in [-0.1, -0.05) is 23.7 Å². The summed E-state index contributed by atoms with van der Waals surface area (Å²) in [4.78, 5) is 12.8. The van der Waals surface area contributed by atoms with E-state index in [1.54, 1.807) is 0 Å². The van der Waals surface area contributed by atoms with Crippen molar-refractivity contribution in [2.75, 3.05) is 16.3 Å². The largest absolute Gasteiger partial charge is 0.322 e. The predicted molar refractivity (Wildman–Crippen MR) is 124 cm³/mol. The number of sulfonamides is 1. The first-order valence-electron chi connectivity index (χ1n) is 10.9. The van der Waals surface area contributed by atoms with Crippen LogP contribution < -0.4 is 10.0 Å². The third-order valence-corrected chi connectivity index (χ3v) is 8.24. The van der Waals surface area contributed by atoms with Gasteiger partial charge < -0.3 is 5.32 Å². The molecule has 0 radical (unpaired) electrons. The van der Waals surface area contributed by atoms with Crippen LogP contribution in [0.25, 0.3) is 0 Å². The minimum atomic E-state index is -3.44. The molecule has 4 fully saturated rings. The van der Waals surface area contributed by atoms with Gasteiger partial charge in [0.05, 0.1) is 16.8 Å². The van der Waals surface area contributed by atoms with Crippen molar-refractivity contribution in [2.45, 2.75) is 43.9 Å². The molecule has 7 heteroatoms. The number of rotatable bonds is 5. The van der Waals surface area contributed by atoms with Crippen LogP contribution in [0.3, 0.4) is 0 Å². The van der Waals surface area contributed by atoms with E-state index in [-0.39, 0.29) is 16.5 Å². The average Bonchev–Trinajstić information content (AvgIpc) is 2.68. The number of amides is 1. The minimum absolute atomic E-state index is 0.223. The Balaban J connectivity index is 1.33. The second-order valence-electron chi connectivity index (χ2n) is 9.80. The molecule has 4 bridgehead atoms. The van der Waals surface area contributed by atoms with Crippen LogP contribution in [0.1, 0.15) is 54.4 Å². The highest BCUT2D eigenvalue weighted by atomic mass is 35.5. The van der Waals surface area contributed by atoms with Gasteiger partial charge in [0.2, 0.25) is 10.0 Å². The lowest BCUT2D eigenvalue weighted by Crippen LogP contribution is -2.48. The third-order valence-electron chi connectivity index (χ3n) is 7.31. The van der Waals surface area contributed by atoms with Crippen molar-refractivity contribution in [3.05, 3.63) is 58.6 Å². The fourth-order valence-electron chi connectivity index (χ4n) is 6.55. The van der Waals surface area contributed by atoms with Gasteiger partial charge in [0.25, 0.3) is 5.91 Å². The van der Waals surface area contributed by atoms with E-state index in [0.717, 1.165) is 24.0 Å². The molecular weight excluding hydrogens is 432 g/mol. The fraction of sp³-hybridized carbons (Fsp3) is 0.458. The number of halogens is 1. The Morgan fingerprint density at radius 2 is 1.48 bits per heavy atom. The van der Waals surface area contributed by atoms with Gasteiger partial charge in [0.15, 0.2) is 0 Å². The highest BCUT2D eigenvalue weighted by molar-refractivity contribution is 7.92. The van der Waals surface area contributed by atoms with Crippen molar-refractivity contribution in [2.24, 2.45) is 17.8 Å². The highest BCUT2D eigenvalue weighted by Gasteiger charge is 2.51. The summed E-state index contributed by atoms with van der Waals surface area (Å²) in [6.07, 6.45) is 9.23. The van der Waals surface area contributed by atoms with E-state index < -0.39 is 10.0 Å². The number of nitrogens with one attached hydrogen (secondary N) is 2. The first-order valence-corrected chi connectivity index (χ1v) is 13.2. The molecule has 0 unspecified atom stereocenters. The topological polar surface area (TPSA) is 75.3 Å². The van der Waals surface area contributed by atoms with Gasteiger partial charge in [0, 0.05) is 11.4 Å². The molecule has 2 aromatic rings. The van der Waals surface area contributed by atoms with Gasteiger partial charge in [-0.15, -0.1) is 0 Å². The Labute approximate surface area is 188 Å². The molecule has 0 atom stereocenters. The van der Waals surface area contributed by atoms with Crippen LogP contribution in [-0.2, 0) is 15.4 Å². The van der Waals surface area contributed by atoms with Crippen LogP contribution in [0.15, 0.2) is 42.5 Å². The van der Waals surface area contributed by atoms with Crippen molar-refractivity contribution in [1.82, 2.24) is 0 Å². The summed E-state index contributed by atoms with van der Waals surface area (Å²) in [6.45, 7) is 0. The Kier molecular flexibility index (Phi) is 5.05. The van der Waals surface area contributed by atoms with Crippen molar-refractivity contribution in [3.8, 4) is 0 Å². The normalized spacial score (nSPS) is 29.0. The zero-order valence-corrected chi connectivity index (χ0v) is 19.1. The lowest BCUT2D eigenvalue weighted by atomic mass is 9.48. The second kappa shape index (κ2) is 7.52. The molecule has 0 spiro atoms. The molecule has 2 N–H and O–H groups in total. The number of hydrogen-bond donors (Lipinski definition) is 2. The smallest absolute Gasteiger partial charge is 0.257 e. The summed E-state index contributed by atoms with van der Waals surface area (Å²) >= 11 is 6.19. The molecule has 31 heavy (non-hydrogen) atoms. The van der Waals surface area contributed by atoms with Gasteiger partial charge in [0.1, 0.15) is 0 Å². The molecule has 4 saturated carbocycles. The molecule has 4 aliphatic rings. The maximum Gasteiger partial charge on any atom is 0.257 e. The summed E-state index contributed by atoms with van der Waals surface area (Å²) in [5.74, 6) is 2.30. The van der Waals surface area contributed by atoms with Crippen LogP contribution in [0.4, 0.5) is 11.4 Å². The molecular formula is C24H27ClN2O3S. The Hall–Kier alpha value is -2.05. The molecule has 5 nitrogen and oxygen atoms in total. The molecule has 0 aromatic heterocycles. The van der Waals surface area contributed by atoms with Crippen LogP contribution >= 0.6 is 11.6 Å². The Morgan fingerprint density at radius 3 is 2.03 bits per heavy atom. The summed E-state index contributed by atoms with van der Waals surface area (Å²) in [5.41, 5.74) is 2.96. The molecule has 164 valence electrons. The van der Waals surface area contributed by atoms with Gasteiger partial charge in [-0.3, -0.25) is 9.52 Å². The maximum atomic E-state index is 12.8. The van der Waals surface area contributed by atoms with Crippen molar-refractivity contribution in [1.29, 1.82) is 0 Å². The van der Waals surface area contributed by atoms with Gasteiger partial charge in [-0.25, -0.2) is 8.42 Å². The van der Waals surface area contributed by atoms with Crippen molar-refractivity contribution >= 4 is 38.9 Å². The molecule has 6 rings (SSSR count). The lowest BCUT2D eigenvalue weighted by molar-refractivity contribution is -0.00518. The summed E-state index contributed by atoms with van der Waals surface area (Å²) < 4.78 is 25.3. The highest BCUT2D eigenvalue weighted by Crippen LogP contribution is 2.60. The van der Waals surface area contributed by atoms with E-state index in [1.165, 1.54) is 62.3 Å². The first kappa shape index (κ1) is 20.8. The van der Waals surface area contributed by atoms with E-state index in [2.05, 4.69) is 22.2 Å². The number of carbonyl (C=O) groups is 1. The van der Waals surface area contributed by atoms with Crippen molar-refractivity contribution in [3.63, 3.8) is 0 Å². The van der Waals surface area contributed by atoms with Crippen molar-refractivity contribution < 1.29 is 13.2 Å². The molecule has 0 aliphatic heterocycles. The van der Waals surface area contributed by atoms with Gasteiger partial charge in [-0.05, 0) is 97.6 Å². The van der Waals surface area contributed by atoms with E-state index in [0.29, 0.717) is 16.8 Å². The van der Waals surface area contributed by atoms with E-state index in [1.807, 2.05) is 12.1 Å². The lowest BCUT2D eigenvalue weighted by Gasteiger charge is -2.57. The van der Waals surface area contributed by atoms with Crippen LogP contribution in [0, 0.1) is 17.8 Å². The van der Waals surface area contributed by atoms with Gasteiger partial charge in [-0.2, -0.15) is 0 Å². The third kappa shape index (κ3) is 4.20. The minimum Gasteiger partial charge on any atom is -0.322 e. The van der Waals surface area contributed by atoms with Crippen LogP contribution in [0.2, 0.25) is 5.02 Å². The monoisotopic (exact) mass is 458 g/mol. The fourth-order valence-corrected chi connectivity index (χ4v) is 7.31. The average molecular weight is 459 g/mol. The predicted octanol–water partition coefficient (Wildman–Crippen LogP) is 5.43. The number of anilines is 2. The molecule has 2 aromatic carbocycles. The molecule has 0 saturated heterocycles. The van der Waals surface area contributed by atoms with E-state index in [4.69, 9.17) is 11.6 Å². The number of carbonyl (C=O) groups excluding carboxylic acids is 1. The summed E-state index contributed by atoms with van der Waals surface area (Å²) in [7, 11) is -3.44. The maximum absolute atomic E-state index is 12.8. The van der Waals surface area contributed by atoms with Crippen LogP contribution in [-0.4, -0.2) is 20.6 Å². The SMILES string of the molecule is CS(=O)(=O)Nc1ccc(Cl)c(C(=O)Nc2ccc(C34CC5CC(CC(C5)C3)C4)cc2)c1. The first-order chi connectivity index (χ1) is 14.7. The van der Waals surface area contributed by atoms with E-state index in [9.17, 15) is 13.2 Å². The van der Waals surface area contributed by atoms with Crippen LogP contribution in [0.5, 0.6) is 0 Å². The number of benzene rings is 2. The Morgan fingerprint density at radius 1 is 0.935 bits per heavy atom. The molecule has 0 heterocycles. The summed E-state index contributed by atoms with van der Waals surface area (Å²) in [6, 6.07) is 12.8.